The highest BCUT2D eigenvalue weighted by Gasteiger charge is 2.60. The first-order chi connectivity index (χ1) is 13.7. The molecule has 1 N–H and O–H groups in total. The van der Waals surface area contributed by atoms with Crippen LogP contribution in [0.2, 0.25) is 0 Å². The van der Waals surface area contributed by atoms with Crippen molar-refractivity contribution in [1.82, 2.24) is 0 Å². The number of nitro groups is 1. The van der Waals surface area contributed by atoms with Gasteiger partial charge in [-0.25, -0.2) is 4.79 Å². The lowest BCUT2D eigenvalue weighted by Gasteiger charge is -2.29. The molecule has 2 saturated heterocycles. The number of hydrogen-bond acceptors (Lipinski definition) is 9. The smallest absolute Gasteiger partial charge is 0.384 e. The molecule has 0 aliphatic carbocycles. The largest absolute Gasteiger partial charge is 0.461 e. The summed E-state index contributed by atoms with van der Waals surface area (Å²) in [5.41, 5.74) is 0.860. The van der Waals surface area contributed by atoms with Crippen molar-refractivity contribution in [3.05, 3.63) is 46.0 Å². The van der Waals surface area contributed by atoms with Crippen molar-refractivity contribution >= 4 is 5.97 Å². The van der Waals surface area contributed by atoms with Crippen LogP contribution in [0.1, 0.15) is 26.3 Å². The van der Waals surface area contributed by atoms with Crippen molar-refractivity contribution in [2.45, 2.75) is 69.9 Å². The second-order valence-electron chi connectivity index (χ2n) is 7.30. The normalized spacial score (nSPS) is 29.8. The molecule has 1 aromatic rings. The van der Waals surface area contributed by atoms with Gasteiger partial charge in [0, 0.05) is 4.92 Å². The summed E-state index contributed by atoms with van der Waals surface area (Å²) in [6.07, 6.45) is -5.54. The number of fused-ring (bicyclic) bond motifs is 1. The third-order valence-corrected chi connectivity index (χ3v) is 4.73. The van der Waals surface area contributed by atoms with E-state index in [9.17, 15) is 20.0 Å². The van der Waals surface area contributed by atoms with Crippen molar-refractivity contribution < 1.29 is 38.5 Å². The Labute approximate surface area is 167 Å². The molecule has 160 valence electrons. The molecule has 0 aromatic heterocycles. The zero-order valence-electron chi connectivity index (χ0n) is 16.4. The topological polar surface area (TPSA) is 127 Å². The Morgan fingerprint density at radius 1 is 1.31 bits per heavy atom. The van der Waals surface area contributed by atoms with E-state index in [1.54, 1.807) is 13.8 Å². The van der Waals surface area contributed by atoms with Gasteiger partial charge in [0.05, 0.1) is 13.2 Å². The maximum Gasteiger partial charge on any atom is 0.384 e. The van der Waals surface area contributed by atoms with Gasteiger partial charge in [-0.15, -0.1) is 0 Å². The molecule has 1 unspecified atom stereocenters. The molecular formula is C19H25NO9. The van der Waals surface area contributed by atoms with Crippen molar-refractivity contribution in [3.63, 3.8) is 0 Å². The SMILES string of the molecule is CCOC(=O)C([C@@H](O)[C@H]1O[C@@H]2OC(C)(C)O[C@@H]2[C@H]1OCc1ccccc1)[N+](=O)[O-]. The minimum absolute atomic E-state index is 0.0545. The quantitative estimate of drug-likeness (QED) is 0.379. The molecule has 2 aliphatic heterocycles. The predicted octanol–water partition coefficient (Wildman–Crippen LogP) is 1.02. The lowest BCUT2D eigenvalue weighted by atomic mass is 9.99. The number of nitrogens with zero attached hydrogens (tertiary/aromatic N) is 1. The molecule has 29 heavy (non-hydrogen) atoms. The lowest BCUT2D eigenvalue weighted by Crippen LogP contribution is -2.53. The summed E-state index contributed by atoms with van der Waals surface area (Å²) in [5.74, 6) is -2.09. The predicted molar refractivity (Wildman–Crippen MR) is 97.1 cm³/mol. The Morgan fingerprint density at radius 3 is 2.62 bits per heavy atom. The van der Waals surface area contributed by atoms with Gasteiger partial charge >= 0.3 is 12.0 Å². The van der Waals surface area contributed by atoms with Crippen LogP contribution in [0.25, 0.3) is 0 Å². The van der Waals surface area contributed by atoms with Crippen LogP contribution in [0.3, 0.4) is 0 Å². The Balaban J connectivity index is 1.81. The molecule has 6 atom stereocenters. The van der Waals surface area contributed by atoms with Gasteiger partial charge in [0.1, 0.15) is 18.3 Å². The number of aliphatic hydroxyl groups is 1. The summed E-state index contributed by atoms with van der Waals surface area (Å²) < 4.78 is 27.9. The van der Waals surface area contributed by atoms with E-state index >= 15 is 0 Å². The first kappa shape index (κ1) is 21.6. The fourth-order valence-corrected chi connectivity index (χ4v) is 3.49. The second kappa shape index (κ2) is 8.72. The van der Waals surface area contributed by atoms with E-state index < -0.39 is 53.4 Å². The van der Waals surface area contributed by atoms with E-state index in [1.165, 1.54) is 6.92 Å². The van der Waals surface area contributed by atoms with Crippen molar-refractivity contribution in [2.24, 2.45) is 0 Å². The first-order valence-corrected chi connectivity index (χ1v) is 9.38. The third-order valence-electron chi connectivity index (χ3n) is 4.73. The molecule has 0 saturated carbocycles. The molecule has 2 fully saturated rings. The minimum Gasteiger partial charge on any atom is -0.461 e. The fraction of sp³-hybridized carbons (Fsp3) is 0.632. The van der Waals surface area contributed by atoms with E-state index in [2.05, 4.69) is 0 Å². The molecule has 0 spiro atoms. The Bertz CT molecular complexity index is 726. The number of aliphatic hydroxyl groups excluding tert-OH is 1. The third kappa shape index (κ3) is 4.73. The van der Waals surface area contributed by atoms with Crippen LogP contribution in [-0.4, -0.2) is 65.1 Å². The molecule has 2 aliphatic rings. The van der Waals surface area contributed by atoms with E-state index in [0.29, 0.717) is 0 Å². The fourth-order valence-electron chi connectivity index (χ4n) is 3.49. The van der Waals surface area contributed by atoms with Crippen molar-refractivity contribution in [2.75, 3.05) is 6.61 Å². The van der Waals surface area contributed by atoms with Crippen LogP contribution in [0, 0.1) is 10.1 Å². The van der Waals surface area contributed by atoms with Crippen molar-refractivity contribution in [1.29, 1.82) is 0 Å². The van der Waals surface area contributed by atoms with Gasteiger partial charge in [-0.3, -0.25) is 10.1 Å². The van der Waals surface area contributed by atoms with Gasteiger partial charge in [-0.2, -0.15) is 0 Å². The van der Waals surface area contributed by atoms with Gasteiger partial charge < -0.3 is 28.8 Å². The first-order valence-electron chi connectivity index (χ1n) is 9.38. The van der Waals surface area contributed by atoms with Gasteiger partial charge in [-0.05, 0) is 26.3 Å². The number of esters is 1. The van der Waals surface area contributed by atoms with E-state index in [4.69, 9.17) is 23.7 Å². The average molecular weight is 411 g/mol. The summed E-state index contributed by atoms with van der Waals surface area (Å²) in [6, 6.07) is 7.25. The summed E-state index contributed by atoms with van der Waals surface area (Å²) in [7, 11) is 0. The monoisotopic (exact) mass is 411 g/mol. The maximum atomic E-state index is 12.0. The number of rotatable bonds is 8. The molecule has 2 heterocycles. The number of ether oxygens (including phenoxy) is 5. The van der Waals surface area contributed by atoms with Crippen molar-refractivity contribution in [3.8, 4) is 0 Å². The zero-order valence-corrected chi connectivity index (χ0v) is 16.4. The summed E-state index contributed by atoms with van der Waals surface area (Å²) in [5, 5.41) is 22.1. The number of hydrogen-bond donors (Lipinski definition) is 1. The highest BCUT2D eigenvalue weighted by molar-refractivity contribution is 5.75. The average Bonchev–Trinajstić information content (AvgIpc) is 3.12. The summed E-state index contributed by atoms with van der Waals surface area (Å²) in [6.45, 7) is 5.03. The number of carbonyl (C=O) groups excluding carboxylic acids is 1. The Hall–Kier alpha value is -2.11. The maximum absolute atomic E-state index is 12.0. The van der Waals surface area contributed by atoms with Crippen LogP contribution < -0.4 is 0 Å². The van der Waals surface area contributed by atoms with Gasteiger partial charge in [0.2, 0.25) is 0 Å². The standard InChI is InChI=1S/C19H25NO9/c1-4-25-17(22)12(20(23)24)13(21)14-15(26-10-11-8-6-5-7-9-11)16-18(27-14)29-19(2,3)28-16/h5-9,12-16,18,21H,4,10H2,1-3H3/t12?,13-,14-,15+,16-,18-/m1/s1. The van der Waals surface area contributed by atoms with Crippen LogP contribution in [-0.2, 0) is 35.1 Å². The van der Waals surface area contributed by atoms with Gasteiger partial charge in [-0.1, -0.05) is 30.3 Å². The molecule has 0 bridgehead atoms. The van der Waals surface area contributed by atoms with E-state index in [-0.39, 0.29) is 13.2 Å². The van der Waals surface area contributed by atoms with E-state index in [0.717, 1.165) is 5.56 Å². The van der Waals surface area contributed by atoms with Crippen LogP contribution in [0.15, 0.2) is 30.3 Å². The molecular weight excluding hydrogens is 386 g/mol. The highest BCUT2D eigenvalue weighted by Crippen LogP contribution is 2.40. The molecule has 0 radical (unpaired) electrons. The minimum atomic E-state index is -2.02. The molecule has 3 rings (SSSR count). The number of carbonyl (C=O) groups is 1. The van der Waals surface area contributed by atoms with E-state index in [1.807, 2.05) is 30.3 Å². The van der Waals surface area contributed by atoms with Crippen LogP contribution in [0.4, 0.5) is 0 Å². The highest BCUT2D eigenvalue weighted by atomic mass is 16.8. The molecule has 0 amide bonds. The summed E-state index contributed by atoms with van der Waals surface area (Å²) in [4.78, 5) is 22.6. The van der Waals surface area contributed by atoms with Gasteiger partial charge in [0.25, 0.3) is 0 Å². The zero-order chi connectivity index (χ0) is 21.2. The lowest BCUT2D eigenvalue weighted by molar-refractivity contribution is -0.525. The number of benzene rings is 1. The van der Waals surface area contributed by atoms with Crippen LogP contribution >= 0.6 is 0 Å². The molecule has 1 aromatic carbocycles. The second-order valence-corrected chi connectivity index (χ2v) is 7.30. The Morgan fingerprint density at radius 2 is 2.00 bits per heavy atom. The molecule has 10 heteroatoms. The van der Waals surface area contributed by atoms with Gasteiger partial charge in [0.15, 0.2) is 18.2 Å². The van der Waals surface area contributed by atoms with Crippen LogP contribution in [0.5, 0.6) is 0 Å². The Kier molecular flexibility index (Phi) is 6.49. The molecule has 10 nitrogen and oxygen atoms in total. The summed E-state index contributed by atoms with van der Waals surface area (Å²) >= 11 is 0.